The van der Waals surface area contributed by atoms with Crippen molar-refractivity contribution in [1.82, 2.24) is 0 Å². The molecule has 0 saturated heterocycles. The molecule has 0 fully saturated rings. The van der Waals surface area contributed by atoms with Gasteiger partial charge in [-0.3, -0.25) is 14.8 Å². The average molecular weight is 242 g/mol. The van der Waals surface area contributed by atoms with Crippen molar-refractivity contribution in [2.75, 3.05) is 6.61 Å². The molecule has 0 saturated carbocycles. The van der Waals surface area contributed by atoms with Crippen molar-refractivity contribution in [1.29, 1.82) is 0 Å². The van der Waals surface area contributed by atoms with E-state index in [1.165, 1.54) is 25.2 Å². The third-order valence-corrected chi connectivity index (χ3v) is 1.94. The van der Waals surface area contributed by atoms with Crippen molar-refractivity contribution in [2.45, 2.75) is 33.3 Å². The Morgan fingerprint density at radius 3 is 2.35 bits per heavy atom. The van der Waals surface area contributed by atoms with Crippen LogP contribution < -0.4 is 0 Å². The summed E-state index contributed by atoms with van der Waals surface area (Å²) in [6, 6.07) is 0. The van der Waals surface area contributed by atoms with Crippen LogP contribution >= 0.6 is 0 Å². The Morgan fingerprint density at radius 1 is 1.29 bits per heavy atom. The maximum Gasteiger partial charge on any atom is 0.302 e. The number of ether oxygens (including phenoxy) is 1. The molecule has 0 aromatic carbocycles. The Morgan fingerprint density at radius 2 is 1.88 bits per heavy atom. The van der Waals surface area contributed by atoms with Crippen LogP contribution in [0.25, 0.3) is 0 Å². The molecule has 5 nitrogen and oxygen atoms in total. The fraction of sp³-hybridized carbons (Fsp3) is 0.500. The molecule has 0 spiro atoms. The van der Waals surface area contributed by atoms with E-state index in [2.05, 4.69) is 9.62 Å². The zero-order valence-electron chi connectivity index (χ0n) is 10.5. The second-order valence-corrected chi connectivity index (χ2v) is 4.08. The Labute approximate surface area is 101 Å². The van der Waals surface area contributed by atoms with Crippen LogP contribution in [0.2, 0.25) is 0 Å². The number of hydrogen-bond donors (Lipinski definition) is 1. The third-order valence-electron chi connectivity index (χ3n) is 1.94. The largest absolute Gasteiger partial charge is 0.462 e. The molecular formula is C12H18O5. The predicted octanol–water partition coefficient (Wildman–Crippen LogP) is 1.89. The van der Waals surface area contributed by atoms with Gasteiger partial charge in [-0.2, -0.15) is 0 Å². The van der Waals surface area contributed by atoms with E-state index < -0.39 is 11.6 Å². The normalized spacial score (nSPS) is 12.9. The highest BCUT2D eigenvalue weighted by atomic mass is 17.1. The van der Waals surface area contributed by atoms with Crippen LogP contribution in [0.15, 0.2) is 23.8 Å². The average Bonchev–Trinajstić information content (AvgIpc) is 2.25. The van der Waals surface area contributed by atoms with Crippen LogP contribution in [0.1, 0.15) is 27.7 Å². The molecule has 1 N–H and O–H groups in total. The van der Waals surface area contributed by atoms with Crippen molar-refractivity contribution in [3.8, 4) is 0 Å². The summed E-state index contributed by atoms with van der Waals surface area (Å²) >= 11 is 0. The number of allylic oxidation sites excluding steroid dienone is 2. The summed E-state index contributed by atoms with van der Waals surface area (Å²) in [4.78, 5) is 26.2. The van der Waals surface area contributed by atoms with E-state index in [0.717, 1.165) is 0 Å². The number of esters is 1. The van der Waals surface area contributed by atoms with E-state index in [1.54, 1.807) is 20.8 Å². The molecule has 5 heteroatoms. The molecule has 0 aliphatic carbocycles. The van der Waals surface area contributed by atoms with Gasteiger partial charge in [0.15, 0.2) is 5.78 Å². The van der Waals surface area contributed by atoms with Gasteiger partial charge in [-0.1, -0.05) is 0 Å². The summed E-state index contributed by atoms with van der Waals surface area (Å²) in [6.45, 7) is 6.19. The highest BCUT2D eigenvalue weighted by Crippen LogP contribution is 2.09. The first-order valence-corrected chi connectivity index (χ1v) is 5.15. The quantitative estimate of drug-likeness (QED) is 0.333. The number of rotatable bonds is 6. The van der Waals surface area contributed by atoms with Crippen LogP contribution in [0.4, 0.5) is 0 Å². The fourth-order valence-electron chi connectivity index (χ4n) is 0.823. The highest BCUT2D eigenvalue weighted by molar-refractivity contribution is 6.03. The summed E-state index contributed by atoms with van der Waals surface area (Å²) < 4.78 is 4.67. The lowest BCUT2D eigenvalue weighted by Crippen LogP contribution is -2.19. The summed E-state index contributed by atoms with van der Waals surface area (Å²) in [7, 11) is 0. The van der Waals surface area contributed by atoms with E-state index in [1.807, 2.05) is 0 Å². The van der Waals surface area contributed by atoms with Gasteiger partial charge >= 0.3 is 5.97 Å². The summed E-state index contributed by atoms with van der Waals surface area (Å²) in [5.41, 5.74) is -0.456. The molecular weight excluding hydrogens is 224 g/mol. The van der Waals surface area contributed by atoms with Crippen LogP contribution in [0, 0.1) is 0 Å². The lowest BCUT2D eigenvalue weighted by Gasteiger charge is -2.14. The minimum absolute atomic E-state index is 0.0701. The second kappa shape index (κ2) is 6.98. The zero-order valence-corrected chi connectivity index (χ0v) is 10.5. The SMILES string of the molecule is CC(=O)OC/C=C(\C)C(=O)/C=C/C(C)(C)OO. The van der Waals surface area contributed by atoms with Gasteiger partial charge in [-0.05, 0) is 44.6 Å². The van der Waals surface area contributed by atoms with Gasteiger partial charge in [0, 0.05) is 6.92 Å². The monoisotopic (exact) mass is 242 g/mol. The first-order valence-electron chi connectivity index (χ1n) is 5.15. The molecule has 0 aromatic heterocycles. The van der Waals surface area contributed by atoms with E-state index in [9.17, 15) is 9.59 Å². The van der Waals surface area contributed by atoms with Crippen molar-refractivity contribution >= 4 is 11.8 Å². The molecule has 0 aliphatic rings. The molecule has 0 unspecified atom stereocenters. The Kier molecular flexibility index (Phi) is 6.38. The maximum absolute atomic E-state index is 11.5. The van der Waals surface area contributed by atoms with Crippen LogP contribution in [-0.2, 0) is 19.2 Å². The lowest BCUT2D eigenvalue weighted by atomic mass is 10.1. The van der Waals surface area contributed by atoms with Gasteiger partial charge < -0.3 is 4.74 Å². The van der Waals surface area contributed by atoms with E-state index in [4.69, 9.17) is 5.26 Å². The van der Waals surface area contributed by atoms with E-state index >= 15 is 0 Å². The zero-order chi connectivity index (χ0) is 13.5. The number of ketones is 1. The Balaban J connectivity index is 4.36. The third kappa shape index (κ3) is 7.43. The summed E-state index contributed by atoms with van der Waals surface area (Å²) in [5.74, 6) is -0.630. The molecule has 0 aromatic rings. The smallest absolute Gasteiger partial charge is 0.302 e. The van der Waals surface area contributed by atoms with Gasteiger partial charge in [0.2, 0.25) is 0 Å². The van der Waals surface area contributed by atoms with Crippen molar-refractivity contribution < 1.29 is 24.5 Å². The van der Waals surface area contributed by atoms with Crippen molar-refractivity contribution in [3.63, 3.8) is 0 Å². The Hall–Kier alpha value is -1.46. The molecule has 0 amide bonds. The number of carbonyl (C=O) groups is 2. The van der Waals surface area contributed by atoms with Crippen LogP contribution in [-0.4, -0.2) is 29.2 Å². The first kappa shape index (κ1) is 15.5. The molecule has 0 bridgehead atoms. The molecule has 96 valence electrons. The van der Waals surface area contributed by atoms with Crippen molar-refractivity contribution in [2.24, 2.45) is 0 Å². The van der Waals surface area contributed by atoms with Gasteiger partial charge in [-0.15, -0.1) is 0 Å². The van der Waals surface area contributed by atoms with E-state index in [0.29, 0.717) is 5.57 Å². The van der Waals surface area contributed by atoms with Crippen LogP contribution in [0.5, 0.6) is 0 Å². The molecule has 17 heavy (non-hydrogen) atoms. The number of hydrogen-bond acceptors (Lipinski definition) is 5. The molecule has 0 radical (unpaired) electrons. The lowest BCUT2D eigenvalue weighted by molar-refractivity contribution is -0.297. The second-order valence-electron chi connectivity index (χ2n) is 4.08. The Bertz CT molecular complexity index is 339. The molecule has 0 heterocycles. The first-order chi connectivity index (χ1) is 7.78. The summed E-state index contributed by atoms with van der Waals surface area (Å²) in [6.07, 6.45) is 4.26. The minimum Gasteiger partial charge on any atom is -0.462 e. The van der Waals surface area contributed by atoms with Gasteiger partial charge in [0.25, 0.3) is 0 Å². The van der Waals surface area contributed by atoms with Crippen LogP contribution in [0.3, 0.4) is 0 Å². The maximum atomic E-state index is 11.5. The predicted molar refractivity (Wildman–Crippen MR) is 62.3 cm³/mol. The number of carbonyl (C=O) groups excluding carboxylic acids is 2. The van der Waals surface area contributed by atoms with Gasteiger partial charge in [0.1, 0.15) is 12.2 Å². The summed E-state index contributed by atoms with van der Waals surface area (Å²) in [5, 5.41) is 8.51. The molecule has 0 aliphatic heterocycles. The van der Waals surface area contributed by atoms with Gasteiger partial charge in [-0.25, -0.2) is 4.89 Å². The molecule has 0 atom stereocenters. The van der Waals surface area contributed by atoms with Gasteiger partial charge in [0.05, 0.1) is 0 Å². The standard InChI is InChI=1S/C12H18O5/c1-9(6-8-16-10(2)13)11(14)5-7-12(3,4)17-15/h5-7,15H,8H2,1-4H3/b7-5+,9-6+. The molecule has 0 rings (SSSR count). The topological polar surface area (TPSA) is 72.8 Å². The highest BCUT2D eigenvalue weighted by Gasteiger charge is 2.14. The fourth-order valence-corrected chi connectivity index (χ4v) is 0.823. The minimum atomic E-state index is -0.911. The van der Waals surface area contributed by atoms with Crippen molar-refractivity contribution in [3.05, 3.63) is 23.8 Å². The van der Waals surface area contributed by atoms with E-state index in [-0.39, 0.29) is 12.4 Å².